The van der Waals surface area contributed by atoms with Gasteiger partial charge >= 0.3 is 5.97 Å². The largest absolute Gasteiger partial charge is 0.459 e. The van der Waals surface area contributed by atoms with E-state index in [1.807, 2.05) is 0 Å². The number of hydrogen-bond donors (Lipinski definition) is 0. The normalized spacial score (nSPS) is 20.8. The Bertz CT molecular complexity index is 266. The van der Waals surface area contributed by atoms with Crippen molar-refractivity contribution in [1.29, 1.82) is 0 Å². The lowest BCUT2D eigenvalue weighted by Crippen LogP contribution is -2.23. The van der Waals surface area contributed by atoms with Crippen molar-refractivity contribution in [2.24, 2.45) is 5.92 Å². The summed E-state index contributed by atoms with van der Waals surface area (Å²) < 4.78 is 29.7. The molecule has 0 N–H and O–H groups in total. The lowest BCUT2D eigenvalue weighted by atomic mass is 9.87. The van der Waals surface area contributed by atoms with Crippen LogP contribution in [-0.4, -0.2) is 19.0 Å². The average molecular weight is 202 g/mol. The van der Waals surface area contributed by atoms with Crippen LogP contribution in [0.15, 0.2) is 0 Å². The summed E-state index contributed by atoms with van der Waals surface area (Å²) in [5.74, 6) is 1.69. The first-order chi connectivity index (χ1) is 6.53. The van der Waals surface area contributed by atoms with E-state index >= 15 is 0 Å². The fourth-order valence-electron chi connectivity index (χ4n) is 1.40. The zero-order valence-electron chi connectivity index (χ0n) is 7.98. The smallest absolute Gasteiger partial charge is 0.384 e. The minimum atomic E-state index is -2.54. The van der Waals surface area contributed by atoms with Crippen molar-refractivity contribution in [2.45, 2.75) is 31.6 Å². The molecule has 0 aromatic heterocycles. The molecule has 2 nitrogen and oxygen atoms in total. The average Bonchev–Trinajstić information content (AvgIpc) is 2.16. The van der Waals surface area contributed by atoms with Gasteiger partial charge in [0.1, 0.15) is 0 Å². The van der Waals surface area contributed by atoms with Crippen LogP contribution >= 0.6 is 0 Å². The summed E-state index contributed by atoms with van der Waals surface area (Å²) in [5.41, 5.74) is 0. The van der Waals surface area contributed by atoms with E-state index in [1.165, 1.54) is 7.11 Å². The number of halogens is 2. The topological polar surface area (TPSA) is 26.3 Å². The molecule has 1 aliphatic rings. The monoisotopic (exact) mass is 202 g/mol. The summed E-state index contributed by atoms with van der Waals surface area (Å²) >= 11 is 0. The number of methoxy groups -OCH3 is 1. The van der Waals surface area contributed by atoms with Crippen LogP contribution < -0.4 is 0 Å². The van der Waals surface area contributed by atoms with E-state index in [-0.39, 0.29) is 18.8 Å². The molecule has 1 saturated carbocycles. The number of alkyl halides is 2. The molecular formula is C10H12F2O2. The zero-order valence-corrected chi connectivity index (χ0v) is 7.98. The second-order valence-electron chi connectivity index (χ2n) is 3.39. The molecule has 0 unspecified atom stereocenters. The van der Waals surface area contributed by atoms with E-state index in [0.29, 0.717) is 12.8 Å². The first kappa shape index (κ1) is 11.0. The summed E-state index contributed by atoms with van der Waals surface area (Å²) in [6, 6.07) is 0. The van der Waals surface area contributed by atoms with Gasteiger partial charge in [-0.15, -0.1) is 0 Å². The van der Waals surface area contributed by atoms with E-state index in [1.54, 1.807) is 0 Å². The molecule has 1 fully saturated rings. The van der Waals surface area contributed by atoms with E-state index in [4.69, 9.17) is 0 Å². The predicted octanol–water partition coefficient (Wildman–Crippen LogP) is 1.99. The quantitative estimate of drug-likeness (QED) is 0.341. The zero-order chi connectivity index (χ0) is 10.6. The van der Waals surface area contributed by atoms with Crippen LogP contribution in [0.5, 0.6) is 0 Å². The van der Waals surface area contributed by atoms with Gasteiger partial charge in [-0.05, 0) is 12.8 Å². The fourth-order valence-corrected chi connectivity index (χ4v) is 1.40. The van der Waals surface area contributed by atoms with Crippen molar-refractivity contribution in [2.75, 3.05) is 7.11 Å². The molecule has 14 heavy (non-hydrogen) atoms. The Balaban J connectivity index is 2.42. The Hall–Kier alpha value is -1.11. The Morgan fingerprint density at radius 2 is 2.00 bits per heavy atom. The molecule has 0 aromatic rings. The molecule has 4 heteroatoms. The second-order valence-corrected chi connectivity index (χ2v) is 3.39. The summed E-state index contributed by atoms with van der Waals surface area (Å²) in [6.45, 7) is 0. The molecule has 78 valence electrons. The highest BCUT2D eigenvalue weighted by molar-refractivity contribution is 5.88. The van der Waals surface area contributed by atoms with Gasteiger partial charge < -0.3 is 4.74 Å². The highest BCUT2D eigenvalue weighted by Gasteiger charge is 2.34. The van der Waals surface area contributed by atoms with Gasteiger partial charge in [0.05, 0.1) is 7.11 Å². The highest BCUT2D eigenvalue weighted by Crippen LogP contribution is 2.35. The van der Waals surface area contributed by atoms with Gasteiger partial charge in [0.25, 0.3) is 0 Å². The highest BCUT2D eigenvalue weighted by atomic mass is 19.3. The molecule has 0 aliphatic heterocycles. The van der Waals surface area contributed by atoms with Gasteiger partial charge in [-0.2, -0.15) is 0 Å². The van der Waals surface area contributed by atoms with Gasteiger partial charge in [-0.25, -0.2) is 13.6 Å². The molecular weight excluding hydrogens is 190 g/mol. The molecule has 0 amide bonds. The number of carbonyl (C=O) groups excluding carboxylic acids is 1. The maximum absolute atomic E-state index is 12.7. The van der Waals surface area contributed by atoms with E-state index in [9.17, 15) is 13.6 Å². The number of hydrogen-bond acceptors (Lipinski definition) is 2. The van der Waals surface area contributed by atoms with Gasteiger partial charge in [0.15, 0.2) is 0 Å². The summed E-state index contributed by atoms with van der Waals surface area (Å²) in [5, 5.41) is 0. The van der Waals surface area contributed by atoms with Crippen LogP contribution in [0.2, 0.25) is 0 Å². The number of rotatable bonds is 0. The van der Waals surface area contributed by atoms with E-state index < -0.39 is 11.9 Å². The molecule has 0 atom stereocenters. The first-order valence-corrected chi connectivity index (χ1v) is 4.51. The van der Waals surface area contributed by atoms with Gasteiger partial charge in [0, 0.05) is 24.7 Å². The lowest BCUT2D eigenvalue weighted by Gasteiger charge is -2.24. The minimum absolute atomic E-state index is 0.0891. The van der Waals surface area contributed by atoms with Gasteiger partial charge in [0.2, 0.25) is 5.92 Å². The SMILES string of the molecule is COC(=O)C#CC1CCC(F)(F)CC1. The maximum atomic E-state index is 12.7. The van der Waals surface area contributed by atoms with Crippen LogP contribution in [0.3, 0.4) is 0 Å². The Morgan fingerprint density at radius 3 is 2.50 bits per heavy atom. The Labute approximate surface area is 81.6 Å². The first-order valence-electron chi connectivity index (χ1n) is 4.51. The molecule has 0 heterocycles. The molecule has 0 aromatic carbocycles. The third-order valence-electron chi connectivity index (χ3n) is 2.28. The molecule has 0 radical (unpaired) electrons. The van der Waals surface area contributed by atoms with Crippen LogP contribution in [0.25, 0.3) is 0 Å². The van der Waals surface area contributed by atoms with Crippen LogP contribution in [-0.2, 0) is 9.53 Å². The molecule has 0 bridgehead atoms. The number of carbonyl (C=O) groups is 1. The van der Waals surface area contributed by atoms with Crippen molar-refractivity contribution in [3.63, 3.8) is 0 Å². The fraction of sp³-hybridized carbons (Fsp3) is 0.700. The van der Waals surface area contributed by atoms with Gasteiger partial charge in [-0.1, -0.05) is 5.92 Å². The predicted molar refractivity (Wildman–Crippen MR) is 46.7 cm³/mol. The van der Waals surface area contributed by atoms with Crippen LogP contribution in [0.4, 0.5) is 8.78 Å². The number of esters is 1. The molecule has 0 saturated heterocycles. The number of ether oxygens (including phenoxy) is 1. The van der Waals surface area contributed by atoms with Crippen molar-refractivity contribution in [1.82, 2.24) is 0 Å². The Kier molecular flexibility index (Phi) is 3.45. The third kappa shape index (κ3) is 3.33. The van der Waals surface area contributed by atoms with Crippen molar-refractivity contribution >= 4 is 5.97 Å². The summed E-state index contributed by atoms with van der Waals surface area (Å²) in [4.78, 5) is 10.6. The van der Waals surface area contributed by atoms with E-state index in [0.717, 1.165) is 0 Å². The lowest BCUT2D eigenvalue weighted by molar-refractivity contribution is -0.133. The summed E-state index contributed by atoms with van der Waals surface area (Å²) in [6.07, 6.45) is 0.453. The van der Waals surface area contributed by atoms with E-state index in [2.05, 4.69) is 16.6 Å². The van der Waals surface area contributed by atoms with Crippen LogP contribution in [0, 0.1) is 17.8 Å². The van der Waals surface area contributed by atoms with Crippen molar-refractivity contribution in [3.05, 3.63) is 0 Å². The van der Waals surface area contributed by atoms with Crippen molar-refractivity contribution in [3.8, 4) is 11.8 Å². The maximum Gasteiger partial charge on any atom is 0.384 e. The van der Waals surface area contributed by atoms with Gasteiger partial charge in [-0.3, -0.25) is 0 Å². The standard InChI is InChI=1S/C10H12F2O2/c1-14-9(13)3-2-8-4-6-10(11,12)7-5-8/h8H,4-7H2,1H3. The van der Waals surface area contributed by atoms with Crippen molar-refractivity contribution < 1.29 is 18.3 Å². The molecule has 1 aliphatic carbocycles. The summed E-state index contributed by atoms with van der Waals surface area (Å²) in [7, 11) is 1.24. The minimum Gasteiger partial charge on any atom is -0.459 e. The third-order valence-corrected chi connectivity index (χ3v) is 2.28. The second kappa shape index (κ2) is 4.41. The molecule has 0 spiro atoms. The Morgan fingerprint density at radius 1 is 1.43 bits per heavy atom. The molecule has 1 rings (SSSR count). The van der Waals surface area contributed by atoms with Crippen LogP contribution in [0.1, 0.15) is 25.7 Å².